The van der Waals surface area contributed by atoms with E-state index in [1.165, 1.54) is 4.31 Å². The van der Waals surface area contributed by atoms with Crippen LogP contribution in [-0.2, 0) is 16.6 Å². The molecular formula is C10H16BrNO3S. The van der Waals surface area contributed by atoms with Gasteiger partial charge in [0.25, 0.3) is 0 Å². The Bertz CT molecular complexity index is 427. The molecule has 0 atom stereocenters. The van der Waals surface area contributed by atoms with E-state index < -0.39 is 10.0 Å². The summed E-state index contributed by atoms with van der Waals surface area (Å²) in [5.41, 5.74) is 0. The maximum absolute atomic E-state index is 11.8. The number of hydrogen-bond donors (Lipinski definition) is 0. The molecule has 6 heteroatoms. The monoisotopic (exact) mass is 309 g/mol. The van der Waals surface area contributed by atoms with E-state index in [2.05, 4.69) is 15.9 Å². The molecule has 0 saturated heterocycles. The second-order valence-electron chi connectivity index (χ2n) is 3.63. The first-order valence-corrected chi connectivity index (χ1v) is 7.54. The van der Waals surface area contributed by atoms with E-state index in [-0.39, 0.29) is 12.3 Å². The average molecular weight is 310 g/mol. The van der Waals surface area contributed by atoms with Crippen LogP contribution in [0.25, 0.3) is 0 Å². The van der Waals surface area contributed by atoms with Crippen molar-refractivity contribution in [2.75, 3.05) is 12.8 Å². The summed E-state index contributed by atoms with van der Waals surface area (Å²) >= 11 is 3.18. The summed E-state index contributed by atoms with van der Waals surface area (Å²) < 4.78 is 30.8. The summed E-state index contributed by atoms with van der Waals surface area (Å²) in [5.74, 6) is 0.830. The molecule has 92 valence electrons. The van der Waals surface area contributed by atoms with Crippen molar-refractivity contribution >= 4 is 26.0 Å². The number of rotatable bonds is 6. The van der Waals surface area contributed by atoms with Gasteiger partial charge in [-0.25, -0.2) is 8.42 Å². The molecule has 0 aliphatic heterocycles. The van der Waals surface area contributed by atoms with E-state index in [9.17, 15) is 8.42 Å². The number of furan rings is 1. The van der Waals surface area contributed by atoms with Gasteiger partial charge < -0.3 is 4.42 Å². The van der Waals surface area contributed by atoms with Crippen LogP contribution < -0.4 is 0 Å². The summed E-state index contributed by atoms with van der Waals surface area (Å²) in [7, 11) is -1.58. The lowest BCUT2D eigenvalue weighted by Gasteiger charge is -2.15. The van der Waals surface area contributed by atoms with E-state index >= 15 is 0 Å². The molecule has 0 bridgehead atoms. The number of hydrogen-bond acceptors (Lipinski definition) is 3. The molecule has 0 amide bonds. The molecule has 0 saturated carbocycles. The minimum atomic E-state index is -3.15. The van der Waals surface area contributed by atoms with Gasteiger partial charge in [0.15, 0.2) is 4.67 Å². The fourth-order valence-electron chi connectivity index (χ4n) is 1.24. The summed E-state index contributed by atoms with van der Waals surface area (Å²) in [4.78, 5) is 0. The lowest BCUT2D eigenvalue weighted by atomic mass is 10.4. The van der Waals surface area contributed by atoms with Gasteiger partial charge in [0.2, 0.25) is 10.0 Å². The highest BCUT2D eigenvalue weighted by Crippen LogP contribution is 2.16. The van der Waals surface area contributed by atoms with Crippen molar-refractivity contribution < 1.29 is 12.8 Å². The molecule has 0 radical (unpaired) electrons. The van der Waals surface area contributed by atoms with Crippen LogP contribution in [0, 0.1) is 0 Å². The van der Waals surface area contributed by atoms with E-state index in [0.717, 1.165) is 6.42 Å². The molecule has 0 aliphatic carbocycles. The van der Waals surface area contributed by atoms with Gasteiger partial charge in [-0.1, -0.05) is 13.3 Å². The summed E-state index contributed by atoms with van der Waals surface area (Å²) in [6.45, 7) is 2.25. The van der Waals surface area contributed by atoms with Gasteiger partial charge in [-0.05, 0) is 34.5 Å². The van der Waals surface area contributed by atoms with Gasteiger partial charge >= 0.3 is 0 Å². The molecule has 1 heterocycles. The van der Waals surface area contributed by atoms with Crippen LogP contribution in [0.15, 0.2) is 21.2 Å². The fraction of sp³-hybridized carbons (Fsp3) is 0.600. The van der Waals surface area contributed by atoms with Crippen LogP contribution >= 0.6 is 15.9 Å². The summed E-state index contributed by atoms with van der Waals surface area (Å²) in [5, 5.41) is 0. The Morgan fingerprint density at radius 2 is 2.12 bits per heavy atom. The van der Waals surface area contributed by atoms with Gasteiger partial charge in [0.05, 0.1) is 12.3 Å². The Morgan fingerprint density at radius 3 is 2.62 bits per heavy atom. The highest BCUT2D eigenvalue weighted by atomic mass is 79.9. The van der Waals surface area contributed by atoms with Crippen molar-refractivity contribution in [1.29, 1.82) is 0 Å². The van der Waals surface area contributed by atoms with Crippen LogP contribution in [0.2, 0.25) is 0 Å². The van der Waals surface area contributed by atoms with Crippen LogP contribution in [0.1, 0.15) is 25.5 Å². The Morgan fingerprint density at radius 1 is 1.44 bits per heavy atom. The summed E-state index contributed by atoms with van der Waals surface area (Å²) in [6, 6.07) is 3.51. The Hall–Kier alpha value is -0.330. The average Bonchev–Trinajstić information content (AvgIpc) is 2.61. The molecule has 1 rings (SSSR count). The van der Waals surface area contributed by atoms with E-state index in [1.807, 2.05) is 6.92 Å². The molecule has 0 aromatic carbocycles. The zero-order valence-electron chi connectivity index (χ0n) is 9.44. The summed E-state index contributed by atoms with van der Waals surface area (Å²) in [6.07, 6.45) is 1.56. The van der Waals surface area contributed by atoms with E-state index in [0.29, 0.717) is 16.9 Å². The minimum absolute atomic E-state index is 0.196. The predicted molar refractivity (Wildman–Crippen MR) is 66.6 cm³/mol. The number of nitrogens with zero attached hydrogens (tertiary/aromatic N) is 1. The molecule has 1 aromatic heterocycles. The van der Waals surface area contributed by atoms with Crippen LogP contribution in [0.4, 0.5) is 0 Å². The predicted octanol–water partition coefficient (Wildman–Crippen LogP) is 2.60. The van der Waals surface area contributed by atoms with Gasteiger partial charge in [-0.15, -0.1) is 0 Å². The molecule has 0 aliphatic rings. The standard InChI is InChI=1S/C10H16BrNO3S/c1-3-4-7-16(13,14)12(2)8-9-5-6-10(11)15-9/h5-6H,3-4,7-8H2,1-2H3. The molecule has 1 aromatic rings. The lowest BCUT2D eigenvalue weighted by Crippen LogP contribution is -2.28. The highest BCUT2D eigenvalue weighted by Gasteiger charge is 2.18. The maximum atomic E-state index is 11.8. The van der Waals surface area contributed by atoms with Crippen molar-refractivity contribution in [2.24, 2.45) is 0 Å². The van der Waals surface area contributed by atoms with Crippen molar-refractivity contribution in [3.8, 4) is 0 Å². The topological polar surface area (TPSA) is 50.5 Å². The van der Waals surface area contributed by atoms with Crippen LogP contribution in [0.3, 0.4) is 0 Å². The first kappa shape index (κ1) is 13.7. The fourth-order valence-corrected chi connectivity index (χ4v) is 2.87. The number of halogens is 1. The number of unbranched alkanes of at least 4 members (excludes halogenated alkanes) is 1. The van der Waals surface area contributed by atoms with Gasteiger partial charge in [-0.2, -0.15) is 4.31 Å². The lowest BCUT2D eigenvalue weighted by molar-refractivity contribution is 0.398. The second kappa shape index (κ2) is 5.84. The first-order chi connectivity index (χ1) is 7.45. The van der Waals surface area contributed by atoms with Gasteiger partial charge in [0.1, 0.15) is 5.76 Å². The van der Waals surface area contributed by atoms with Crippen molar-refractivity contribution in [2.45, 2.75) is 26.3 Å². The third kappa shape index (κ3) is 3.92. The van der Waals surface area contributed by atoms with Crippen molar-refractivity contribution in [3.63, 3.8) is 0 Å². The molecular weight excluding hydrogens is 294 g/mol. The minimum Gasteiger partial charge on any atom is -0.453 e. The van der Waals surface area contributed by atoms with E-state index in [1.54, 1.807) is 19.2 Å². The molecule has 0 fully saturated rings. The van der Waals surface area contributed by atoms with Gasteiger partial charge in [0, 0.05) is 7.05 Å². The van der Waals surface area contributed by atoms with Crippen molar-refractivity contribution in [1.82, 2.24) is 4.31 Å². The Kier molecular flexibility index (Phi) is 5.01. The Labute approximate surface area is 105 Å². The van der Waals surface area contributed by atoms with Crippen molar-refractivity contribution in [3.05, 3.63) is 22.6 Å². The normalized spacial score (nSPS) is 12.2. The van der Waals surface area contributed by atoms with E-state index in [4.69, 9.17) is 4.42 Å². The quantitative estimate of drug-likeness (QED) is 0.811. The molecule has 4 nitrogen and oxygen atoms in total. The SMILES string of the molecule is CCCCS(=O)(=O)N(C)Cc1ccc(Br)o1. The van der Waals surface area contributed by atoms with Crippen LogP contribution in [0.5, 0.6) is 0 Å². The molecule has 0 spiro atoms. The maximum Gasteiger partial charge on any atom is 0.214 e. The first-order valence-electron chi connectivity index (χ1n) is 5.14. The third-order valence-corrected chi connectivity index (χ3v) is 4.55. The zero-order valence-corrected chi connectivity index (χ0v) is 11.8. The molecule has 0 N–H and O–H groups in total. The Balaban J connectivity index is 2.61. The molecule has 16 heavy (non-hydrogen) atoms. The number of sulfonamides is 1. The third-order valence-electron chi connectivity index (χ3n) is 2.24. The largest absolute Gasteiger partial charge is 0.453 e. The highest BCUT2D eigenvalue weighted by molar-refractivity contribution is 9.10. The second-order valence-corrected chi connectivity index (χ2v) is 6.61. The smallest absolute Gasteiger partial charge is 0.214 e. The van der Waals surface area contributed by atoms with Gasteiger partial charge in [-0.3, -0.25) is 0 Å². The zero-order chi connectivity index (χ0) is 12.2. The molecule has 0 unspecified atom stereocenters. The van der Waals surface area contributed by atoms with Crippen LogP contribution in [-0.4, -0.2) is 25.5 Å².